The summed E-state index contributed by atoms with van der Waals surface area (Å²) in [5, 5.41) is 10.8. The topological polar surface area (TPSA) is 110 Å². The minimum Gasteiger partial charge on any atom is -0.487 e. The third-order valence-corrected chi connectivity index (χ3v) is 9.68. The maximum Gasteiger partial charge on any atom is 0.282 e. The molecule has 0 radical (unpaired) electrons. The lowest BCUT2D eigenvalue weighted by atomic mass is 9.77. The van der Waals surface area contributed by atoms with E-state index in [4.69, 9.17) is 16.3 Å². The van der Waals surface area contributed by atoms with Crippen molar-refractivity contribution in [2.75, 3.05) is 20.1 Å². The number of benzene rings is 2. The van der Waals surface area contributed by atoms with Crippen LogP contribution in [0.5, 0.6) is 5.75 Å². The highest BCUT2D eigenvalue weighted by atomic mass is 35.5. The predicted octanol–water partition coefficient (Wildman–Crippen LogP) is 4.62. The largest absolute Gasteiger partial charge is 0.487 e. The van der Waals surface area contributed by atoms with Crippen molar-refractivity contribution in [1.29, 1.82) is 0 Å². The molecule has 0 bridgehead atoms. The van der Waals surface area contributed by atoms with E-state index >= 15 is 0 Å². The summed E-state index contributed by atoms with van der Waals surface area (Å²) in [6.45, 7) is 0.595. The second-order valence-electron chi connectivity index (χ2n) is 11.8. The monoisotopic (exact) mass is 640 g/mol. The first kappa shape index (κ1) is 30.9. The van der Waals surface area contributed by atoms with Gasteiger partial charge in [-0.3, -0.25) is 14.4 Å². The van der Waals surface area contributed by atoms with E-state index in [0.29, 0.717) is 54.3 Å². The van der Waals surface area contributed by atoms with Crippen molar-refractivity contribution >= 4 is 29.3 Å². The molecule has 45 heavy (non-hydrogen) atoms. The fourth-order valence-electron chi connectivity index (χ4n) is 7.09. The Balaban J connectivity index is 1.38. The minimum absolute atomic E-state index is 0.00251. The van der Waals surface area contributed by atoms with Gasteiger partial charge in [0, 0.05) is 61.7 Å². The molecular formula is C32H35ClF2N6O4. The van der Waals surface area contributed by atoms with Crippen LogP contribution in [0.25, 0.3) is 0 Å². The number of nitrogens with zero attached hydrogens (tertiary/aromatic N) is 5. The molecule has 2 unspecified atom stereocenters. The fraction of sp³-hybridized carbons (Fsp3) is 0.469. The van der Waals surface area contributed by atoms with Gasteiger partial charge >= 0.3 is 0 Å². The normalized spacial score (nSPS) is 21.1. The molecule has 3 aliphatic rings. The molecule has 0 spiro atoms. The maximum atomic E-state index is 14.4. The molecule has 10 nitrogen and oxygen atoms in total. The van der Waals surface area contributed by atoms with Crippen LogP contribution in [-0.2, 0) is 36.2 Å². The van der Waals surface area contributed by atoms with E-state index in [1.54, 1.807) is 35.0 Å². The molecule has 238 valence electrons. The third kappa shape index (κ3) is 5.76. The molecule has 3 heterocycles. The van der Waals surface area contributed by atoms with E-state index in [1.165, 1.54) is 7.05 Å². The quantitative estimate of drug-likeness (QED) is 0.385. The zero-order valence-corrected chi connectivity index (χ0v) is 25.9. The lowest BCUT2D eigenvalue weighted by molar-refractivity contribution is -0.146. The van der Waals surface area contributed by atoms with Gasteiger partial charge in [-0.25, -0.2) is 13.5 Å². The smallest absolute Gasteiger partial charge is 0.282 e. The van der Waals surface area contributed by atoms with E-state index in [2.05, 4.69) is 15.6 Å². The minimum atomic E-state index is -2.80. The Bertz CT molecular complexity index is 1630. The number of hydrogen-bond donors (Lipinski definition) is 1. The van der Waals surface area contributed by atoms with E-state index in [-0.39, 0.29) is 42.3 Å². The van der Waals surface area contributed by atoms with Crippen molar-refractivity contribution in [3.63, 3.8) is 0 Å². The number of carbonyl (C=O) groups is 3. The molecule has 1 N–H and O–H groups in total. The Morgan fingerprint density at radius 3 is 2.62 bits per heavy atom. The number of amides is 3. The maximum absolute atomic E-state index is 14.4. The van der Waals surface area contributed by atoms with Crippen LogP contribution in [0, 0.1) is 11.8 Å². The molecule has 1 aliphatic carbocycles. The Hall–Kier alpha value is -4.06. The number of ether oxygens (including phenoxy) is 1. The van der Waals surface area contributed by atoms with Gasteiger partial charge in [-0.1, -0.05) is 47.9 Å². The number of halogens is 3. The molecule has 3 atom stereocenters. The first-order valence-corrected chi connectivity index (χ1v) is 15.6. The zero-order valence-electron chi connectivity index (χ0n) is 25.1. The molecule has 1 fully saturated rings. The highest BCUT2D eigenvalue weighted by Crippen LogP contribution is 2.44. The van der Waals surface area contributed by atoms with Gasteiger partial charge in [0.1, 0.15) is 23.7 Å². The lowest BCUT2D eigenvalue weighted by Gasteiger charge is -2.43. The summed E-state index contributed by atoms with van der Waals surface area (Å²) in [6, 6.07) is 10.1. The number of fused-ring (bicyclic) bond motifs is 2. The second-order valence-corrected chi connectivity index (χ2v) is 12.2. The fourth-order valence-corrected chi connectivity index (χ4v) is 7.35. The van der Waals surface area contributed by atoms with Gasteiger partial charge < -0.3 is 19.9 Å². The van der Waals surface area contributed by atoms with Crippen molar-refractivity contribution in [1.82, 2.24) is 30.1 Å². The predicted molar refractivity (Wildman–Crippen MR) is 161 cm³/mol. The summed E-state index contributed by atoms with van der Waals surface area (Å²) in [5.74, 6) is -1.04. The first-order valence-electron chi connectivity index (χ1n) is 15.2. The van der Waals surface area contributed by atoms with Crippen LogP contribution < -0.4 is 10.1 Å². The van der Waals surface area contributed by atoms with Gasteiger partial charge in [-0.15, -0.1) is 5.10 Å². The van der Waals surface area contributed by atoms with Gasteiger partial charge in [0.25, 0.3) is 12.3 Å². The summed E-state index contributed by atoms with van der Waals surface area (Å²) in [7, 11) is 2.97. The van der Waals surface area contributed by atoms with Crippen molar-refractivity contribution in [2.45, 2.75) is 57.7 Å². The molecule has 0 saturated heterocycles. The number of aromatic nitrogens is 3. The molecule has 3 aromatic rings. The van der Waals surface area contributed by atoms with E-state index in [0.717, 1.165) is 28.7 Å². The summed E-state index contributed by atoms with van der Waals surface area (Å²) < 4.78 is 34.7. The highest BCUT2D eigenvalue weighted by molar-refractivity contribution is 6.31. The Labute approximate surface area is 264 Å². The van der Waals surface area contributed by atoms with Crippen molar-refractivity contribution < 1.29 is 27.9 Å². The number of hydrogen-bond acceptors (Lipinski definition) is 6. The molecule has 6 rings (SSSR count). The average molecular weight is 641 g/mol. The molecule has 1 saturated carbocycles. The summed E-state index contributed by atoms with van der Waals surface area (Å²) >= 11 is 6.73. The van der Waals surface area contributed by atoms with E-state index < -0.39 is 24.3 Å². The number of nitrogens with one attached hydrogen (secondary N) is 1. The van der Waals surface area contributed by atoms with Gasteiger partial charge in [0.15, 0.2) is 0 Å². The zero-order chi connectivity index (χ0) is 31.8. The van der Waals surface area contributed by atoms with Crippen molar-refractivity contribution in [3.8, 4) is 5.75 Å². The average Bonchev–Trinajstić information content (AvgIpc) is 3.58. The molecule has 2 aromatic carbocycles. The van der Waals surface area contributed by atoms with Crippen LogP contribution >= 0.6 is 11.6 Å². The van der Waals surface area contributed by atoms with Crippen LogP contribution in [-0.4, -0.2) is 62.7 Å². The van der Waals surface area contributed by atoms with Crippen LogP contribution in [0.4, 0.5) is 8.78 Å². The standard InChI is InChI=1S/C32H35ClF2N6O4/c1-36-30(42)20-9-5-6-10-21(20)32(44)41-14-13-22-23(33)11-12-26(45-17-24-28(29(34)35)39(2)38-37-24)27(22)25(41)16-40-15-18-7-3-4-8-19(18)31(40)43/h3-4,7-8,11-12,20-21,25,29H,5-6,9-10,13-17H2,1-2H3,(H,36,42)/t20?,21?,25-/m1/s1. The summed E-state index contributed by atoms with van der Waals surface area (Å²) in [6.07, 6.45) is 0.538. The van der Waals surface area contributed by atoms with Gasteiger partial charge in [0.2, 0.25) is 11.8 Å². The number of rotatable bonds is 8. The Kier molecular flexibility index (Phi) is 8.76. The Morgan fingerprint density at radius 2 is 1.89 bits per heavy atom. The highest BCUT2D eigenvalue weighted by Gasteiger charge is 2.44. The SMILES string of the molecule is CNC(=O)C1CCCCC1C(=O)N1CCc2c(Cl)ccc(OCc3nnn(C)c3C(F)F)c2[C@H]1CN1Cc2ccccc2C1=O. The molecular weight excluding hydrogens is 606 g/mol. The van der Waals surface area contributed by atoms with E-state index in [1.807, 2.05) is 18.2 Å². The molecule has 1 aromatic heterocycles. The van der Waals surface area contributed by atoms with Crippen LogP contribution in [0.15, 0.2) is 36.4 Å². The number of carbonyl (C=O) groups excluding carboxylic acids is 3. The van der Waals surface area contributed by atoms with Crippen LogP contribution in [0.3, 0.4) is 0 Å². The van der Waals surface area contributed by atoms with Crippen LogP contribution in [0.1, 0.15) is 76.6 Å². The summed E-state index contributed by atoms with van der Waals surface area (Å²) in [4.78, 5) is 44.3. The first-order chi connectivity index (χ1) is 21.7. The molecule has 2 aliphatic heterocycles. The van der Waals surface area contributed by atoms with Crippen LogP contribution in [0.2, 0.25) is 5.02 Å². The van der Waals surface area contributed by atoms with E-state index in [9.17, 15) is 23.2 Å². The van der Waals surface area contributed by atoms with Crippen molar-refractivity contribution in [2.24, 2.45) is 18.9 Å². The summed E-state index contributed by atoms with van der Waals surface area (Å²) in [5.41, 5.74) is 2.56. The lowest BCUT2D eigenvalue weighted by Crippen LogP contribution is -2.50. The third-order valence-electron chi connectivity index (χ3n) is 9.33. The number of alkyl halides is 2. The Morgan fingerprint density at radius 1 is 1.13 bits per heavy atom. The van der Waals surface area contributed by atoms with Gasteiger partial charge in [-0.05, 0) is 48.6 Å². The van der Waals surface area contributed by atoms with Crippen molar-refractivity contribution in [3.05, 3.63) is 75.1 Å². The second kappa shape index (κ2) is 12.7. The molecule has 13 heteroatoms. The van der Waals surface area contributed by atoms with Gasteiger partial charge in [0.05, 0.1) is 6.04 Å². The molecule has 3 amide bonds. The number of aryl methyl sites for hydroxylation is 1. The van der Waals surface area contributed by atoms with Gasteiger partial charge in [-0.2, -0.15) is 0 Å².